The highest BCUT2D eigenvalue weighted by Crippen LogP contribution is 2.30. The lowest BCUT2D eigenvalue weighted by Crippen LogP contribution is -2.48. The van der Waals surface area contributed by atoms with Crippen molar-refractivity contribution in [1.82, 2.24) is 20.2 Å². The highest BCUT2D eigenvalue weighted by atomic mass is 16.9. The van der Waals surface area contributed by atoms with E-state index < -0.39 is 10.9 Å². The van der Waals surface area contributed by atoms with Gasteiger partial charge in [0.05, 0.1) is 28.8 Å². The molecule has 2 aromatic carbocycles. The summed E-state index contributed by atoms with van der Waals surface area (Å²) in [7, 11) is 0. The number of carboxylic acid groups (broad SMARTS) is 1. The topological polar surface area (TPSA) is 158 Å². The van der Waals surface area contributed by atoms with Crippen molar-refractivity contribution in [1.29, 1.82) is 0 Å². The first-order valence-corrected chi connectivity index (χ1v) is 22.0. The van der Waals surface area contributed by atoms with E-state index in [9.17, 15) is 20.3 Å². The van der Waals surface area contributed by atoms with Crippen LogP contribution in [0.5, 0.6) is 5.88 Å². The van der Waals surface area contributed by atoms with Gasteiger partial charge in [0.1, 0.15) is 6.61 Å². The van der Waals surface area contributed by atoms with Crippen molar-refractivity contribution >= 4 is 23.8 Å². The minimum atomic E-state index is -1.87. The van der Waals surface area contributed by atoms with Crippen LogP contribution in [0.15, 0.2) is 89.1 Å². The van der Waals surface area contributed by atoms with Gasteiger partial charge in [0, 0.05) is 42.3 Å². The van der Waals surface area contributed by atoms with Gasteiger partial charge in [-0.05, 0) is 87.1 Å². The van der Waals surface area contributed by atoms with E-state index in [-0.39, 0.29) is 34.5 Å². The van der Waals surface area contributed by atoms with Gasteiger partial charge in [0.15, 0.2) is 0 Å². The van der Waals surface area contributed by atoms with Crippen LogP contribution < -0.4 is 20.4 Å². The smallest absolute Gasteiger partial charge is 0.335 e. The molecule has 0 amide bonds. The molecule has 0 aliphatic carbocycles. The number of aromatic carboxylic acids is 1. The molecule has 1 aliphatic rings. The van der Waals surface area contributed by atoms with Gasteiger partial charge in [-0.25, -0.2) is 9.78 Å². The van der Waals surface area contributed by atoms with E-state index in [1.54, 1.807) is 18.4 Å². The highest BCUT2D eigenvalue weighted by molar-refractivity contribution is 5.88. The standard InChI is InChI=1S/C25H29N5O6.C16H27N.C5H12.C4H10/c1-16-6-3-7-17(2)23(16)21-13-22(36-15-19-14-35-11-5-10-26-19)28-25(27-21)29-30(33,34)20-9-4-8-18(12-20)24(31)32;1-8-10-15(14(4)17-11-9-2)12-13(3)16(5,6)7;1-4-5(2)3;1-4(2)3/h3-4,6-9,12-13,19,26,33-34H,5,10-11,14-15H2,1-2H3,(H-,27,28,29,31,32);9,11-12H,2,8,10H2,1,3-7H3;5H,4H2,1-3H3;4H,1-3H3/p+1/b;13-12+,15-14+,17-11?;;. The van der Waals surface area contributed by atoms with Gasteiger partial charge in [-0.2, -0.15) is 4.98 Å². The third-order valence-corrected chi connectivity index (χ3v) is 9.55. The second-order valence-corrected chi connectivity index (χ2v) is 17.6. The fourth-order valence-electron chi connectivity index (χ4n) is 5.34. The van der Waals surface area contributed by atoms with E-state index in [1.807, 2.05) is 32.0 Å². The molecule has 2 heterocycles. The van der Waals surface area contributed by atoms with Crippen molar-refractivity contribution in [2.24, 2.45) is 22.2 Å². The second-order valence-electron chi connectivity index (χ2n) is 17.6. The van der Waals surface area contributed by atoms with E-state index in [0.717, 1.165) is 66.1 Å². The number of allylic oxidation sites excluding steroid dienone is 5. The van der Waals surface area contributed by atoms with Gasteiger partial charge in [-0.1, -0.05) is 131 Å². The Morgan fingerprint density at radius 2 is 1.66 bits per heavy atom. The monoisotopic (exact) mass is 860 g/mol. The summed E-state index contributed by atoms with van der Waals surface area (Å²) >= 11 is 0. The van der Waals surface area contributed by atoms with E-state index in [0.29, 0.717) is 25.5 Å². The largest absolute Gasteiger partial charge is 0.478 e. The summed E-state index contributed by atoms with van der Waals surface area (Å²) in [5.74, 6) is 0.628. The number of aliphatic imine (C=N–C) groups is 1. The lowest BCUT2D eigenvalue weighted by atomic mass is 9.86. The van der Waals surface area contributed by atoms with Crippen molar-refractivity contribution in [3.63, 3.8) is 0 Å². The molecule has 1 fully saturated rings. The quantitative estimate of drug-likeness (QED) is 0.0457. The molecule has 5 N–H and O–H groups in total. The maximum absolute atomic E-state index is 11.3. The van der Waals surface area contributed by atoms with Crippen molar-refractivity contribution in [2.45, 2.75) is 129 Å². The van der Waals surface area contributed by atoms with E-state index in [1.165, 1.54) is 35.8 Å². The molecule has 0 radical (unpaired) electrons. The highest BCUT2D eigenvalue weighted by Gasteiger charge is 2.31. The molecule has 1 aliphatic heterocycles. The van der Waals surface area contributed by atoms with Crippen LogP contribution in [-0.4, -0.2) is 70.1 Å². The minimum absolute atomic E-state index is 0.0214. The Morgan fingerprint density at radius 1 is 1.05 bits per heavy atom. The molecule has 0 spiro atoms. The summed E-state index contributed by atoms with van der Waals surface area (Å²) in [6, 6.07) is 12.8. The van der Waals surface area contributed by atoms with Gasteiger partial charge in [-0.15, -0.1) is 15.8 Å². The second kappa shape index (κ2) is 28.1. The maximum atomic E-state index is 11.3. The van der Waals surface area contributed by atoms with Gasteiger partial charge in [-0.3, -0.25) is 4.99 Å². The summed E-state index contributed by atoms with van der Waals surface area (Å²) in [5, 5.41) is 34.0. The van der Waals surface area contributed by atoms with Crippen molar-refractivity contribution in [3.8, 4) is 17.1 Å². The SMILES string of the molecule is C=CC=N/C(C)=C(/C=C(\C)C(C)(C)C)CCC.CC(C)C.CCC(C)C.Cc1cccc(C)c1-c1cc(OCC2COCCCN2)nc(N[N+](O)(O)c2cccc(C(=O)O)c2)n1. The Balaban J connectivity index is 0.000000613. The van der Waals surface area contributed by atoms with Crippen LogP contribution in [0.2, 0.25) is 0 Å². The first-order valence-electron chi connectivity index (χ1n) is 22.0. The Hall–Kier alpha value is -4.72. The number of nitrogens with zero attached hydrogens (tertiary/aromatic N) is 4. The molecule has 1 unspecified atom stereocenters. The van der Waals surface area contributed by atoms with Crippen molar-refractivity contribution in [2.75, 3.05) is 31.8 Å². The van der Waals surface area contributed by atoms with E-state index >= 15 is 0 Å². The third kappa shape index (κ3) is 21.4. The zero-order valence-electron chi connectivity index (χ0n) is 40.3. The summed E-state index contributed by atoms with van der Waals surface area (Å²) in [6.45, 7) is 36.2. The maximum Gasteiger partial charge on any atom is 0.335 e. The summed E-state index contributed by atoms with van der Waals surface area (Å²) in [6.07, 6.45) is 10.2. The number of hydrogen-bond acceptors (Lipinski definition) is 10. The third-order valence-electron chi connectivity index (χ3n) is 9.55. The predicted molar refractivity (Wildman–Crippen MR) is 257 cm³/mol. The lowest BCUT2D eigenvalue weighted by molar-refractivity contribution is -0.273. The average Bonchev–Trinajstić information content (AvgIpc) is 3.48. The van der Waals surface area contributed by atoms with Crippen LogP contribution in [0.3, 0.4) is 0 Å². The zero-order valence-corrected chi connectivity index (χ0v) is 40.3. The van der Waals surface area contributed by atoms with Crippen LogP contribution in [0, 0.1) is 31.1 Å². The predicted octanol–water partition coefficient (Wildman–Crippen LogP) is 12.4. The van der Waals surface area contributed by atoms with Gasteiger partial charge >= 0.3 is 5.97 Å². The minimum Gasteiger partial charge on any atom is -0.478 e. The number of rotatable bonds is 14. The average molecular weight is 860 g/mol. The summed E-state index contributed by atoms with van der Waals surface area (Å²) < 4.78 is 11.6. The van der Waals surface area contributed by atoms with E-state index in [4.69, 9.17) is 9.47 Å². The molecule has 1 aromatic heterocycles. The molecular formula is C50H79N6O6+. The molecule has 3 aromatic rings. The number of carbonyl (C=O) groups is 1. The number of nitrogens with one attached hydrogen (secondary N) is 2. The van der Waals surface area contributed by atoms with Crippen LogP contribution in [0.1, 0.15) is 130 Å². The molecule has 0 bridgehead atoms. The summed E-state index contributed by atoms with van der Waals surface area (Å²) in [4.78, 5) is 22.7. The molecule has 62 heavy (non-hydrogen) atoms. The number of hydrogen-bond donors (Lipinski definition) is 5. The van der Waals surface area contributed by atoms with Crippen LogP contribution in [0.25, 0.3) is 11.3 Å². The van der Waals surface area contributed by atoms with Crippen molar-refractivity contribution < 1.29 is 29.8 Å². The van der Waals surface area contributed by atoms with Crippen molar-refractivity contribution in [3.05, 3.63) is 101 Å². The lowest BCUT2D eigenvalue weighted by Gasteiger charge is -2.21. The molecule has 12 nitrogen and oxygen atoms in total. The van der Waals surface area contributed by atoms with Crippen LogP contribution >= 0.6 is 0 Å². The molecule has 1 atom stereocenters. The fourth-order valence-corrected chi connectivity index (χ4v) is 5.34. The normalized spacial score (nSPS) is 14.9. The molecule has 12 heteroatoms. The zero-order chi connectivity index (χ0) is 47.0. The number of anilines is 1. The Morgan fingerprint density at radius 3 is 2.21 bits per heavy atom. The first kappa shape index (κ1) is 55.3. The van der Waals surface area contributed by atoms with Crippen LogP contribution in [0.4, 0.5) is 11.6 Å². The molecular weight excluding hydrogens is 781 g/mol. The Labute approximate surface area is 373 Å². The fraction of sp³-hybridized carbons (Fsp3) is 0.520. The van der Waals surface area contributed by atoms with Gasteiger partial charge in [0.25, 0.3) is 5.95 Å². The Kier molecular flexibility index (Phi) is 25.0. The molecule has 0 saturated carbocycles. The van der Waals surface area contributed by atoms with E-state index in [2.05, 4.69) is 121 Å². The Bertz CT molecular complexity index is 1880. The van der Waals surface area contributed by atoms with Crippen LogP contribution in [-0.2, 0) is 4.74 Å². The number of quaternary nitrogens is 1. The number of aromatic nitrogens is 2. The van der Waals surface area contributed by atoms with Gasteiger partial charge < -0.3 is 19.9 Å². The molecule has 1 saturated heterocycles. The molecule has 4 rings (SSSR count). The number of ether oxygens (including phenoxy) is 2. The first-order chi connectivity index (χ1) is 29.1. The summed E-state index contributed by atoms with van der Waals surface area (Å²) in [5.41, 5.74) is 9.61. The number of benzene rings is 2. The molecule has 344 valence electrons. The number of aryl methyl sites for hydroxylation is 2. The number of carboxylic acids is 1. The van der Waals surface area contributed by atoms with Gasteiger partial charge in [0.2, 0.25) is 11.6 Å².